The molecule has 0 amide bonds. The molecule has 0 aliphatic heterocycles. The molecule has 88 valence electrons. The zero-order valence-electron chi connectivity index (χ0n) is 9.78. The van der Waals surface area contributed by atoms with E-state index >= 15 is 0 Å². The van der Waals surface area contributed by atoms with Gasteiger partial charge in [-0.3, -0.25) is 0 Å². The monoisotopic (exact) mass is 228 g/mol. The second-order valence-electron chi connectivity index (χ2n) is 4.33. The zero-order chi connectivity index (χ0) is 12.1. The maximum absolute atomic E-state index is 8.66. The van der Waals surface area contributed by atoms with Gasteiger partial charge in [-0.25, -0.2) is 0 Å². The lowest BCUT2D eigenvalue weighted by Crippen LogP contribution is -2.21. The first-order chi connectivity index (χ1) is 8.28. The number of benzene rings is 1. The van der Waals surface area contributed by atoms with E-state index in [1.807, 2.05) is 0 Å². The largest absolute Gasteiger partial charge is 0.489 e. The van der Waals surface area contributed by atoms with Crippen molar-refractivity contribution in [2.75, 3.05) is 13.2 Å². The molecule has 1 aliphatic carbocycles. The van der Waals surface area contributed by atoms with E-state index in [4.69, 9.17) is 10.00 Å². The van der Waals surface area contributed by atoms with Crippen LogP contribution in [0.1, 0.15) is 18.4 Å². The molecule has 1 N–H and O–H groups in total. The Hall–Kier alpha value is -1.79. The fourth-order valence-electron chi connectivity index (χ4n) is 1.44. The van der Waals surface area contributed by atoms with Gasteiger partial charge < -0.3 is 10.1 Å². The molecule has 3 nitrogen and oxygen atoms in total. The van der Waals surface area contributed by atoms with Gasteiger partial charge >= 0.3 is 0 Å². The van der Waals surface area contributed by atoms with Crippen molar-refractivity contribution in [1.82, 2.24) is 5.32 Å². The predicted octanol–water partition coefficient (Wildman–Crippen LogP) is 2.25. The number of hydrogen-bond acceptors (Lipinski definition) is 3. The Morgan fingerprint density at radius 3 is 2.71 bits per heavy atom. The third-order valence-corrected chi connectivity index (χ3v) is 2.64. The maximum atomic E-state index is 8.66. The lowest BCUT2D eigenvalue weighted by atomic mass is 10.2. The summed E-state index contributed by atoms with van der Waals surface area (Å²) in [6.45, 7) is 5.30. The summed E-state index contributed by atoms with van der Waals surface area (Å²) in [5.74, 6) is 0.775. The Balaban J connectivity index is 1.72. The van der Waals surface area contributed by atoms with Crippen molar-refractivity contribution in [3.8, 4) is 11.8 Å². The van der Waals surface area contributed by atoms with Crippen LogP contribution in [0.4, 0.5) is 0 Å². The first-order valence-corrected chi connectivity index (χ1v) is 5.81. The number of nitriles is 1. The molecule has 0 spiro atoms. The summed E-state index contributed by atoms with van der Waals surface area (Å²) in [5, 5.41) is 12.0. The summed E-state index contributed by atoms with van der Waals surface area (Å²) in [4.78, 5) is 0. The standard InChI is InChI=1S/C14H16N2O/c1-11(9-16-13-4-5-13)10-17-14-6-2-12(8-15)3-7-14/h2-3,6-7,13,16H,1,4-5,9-10H2. The molecule has 0 bridgehead atoms. The van der Waals surface area contributed by atoms with Gasteiger partial charge in [-0.2, -0.15) is 5.26 Å². The van der Waals surface area contributed by atoms with Crippen LogP contribution in [0.2, 0.25) is 0 Å². The number of nitrogens with zero attached hydrogens (tertiary/aromatic N) is 1. The first-order valence-electron chi connectivity index (χ1n) is 5.81. The second kappa shape index (κ2) is 5.51. The lowest BCUT2D eigenvalue weighted by Gasteiger charge is -2.09. The summed E-state index contributed by atoms with van der Waals surface area (Å²) in [6.07, 6.45) is 2.56. The average molecular weight is 228 g/mol. The van der Waals surface area contributed by atoms with E-state index in [-0.39, 0.29) is 0 Å². The fourth-order valence-corrected chi connectivity index (χ4v) is 1.44. The Labute approximate surface area is 102 Å². The number of rotatable bonds is 6. The molecule has 0 heterocycles. The van der Waals surface area contributed by atoms with Gasteiger partial charge in [0.15, 0.2) is 0 Å². The highest BCUT2D eigenvalue weighted by Crippen LogP contribution is 2.18. The van der Waals surface area contributed by atoms with Crippen LogP contribution in [-0.4, -0.2) is 19.2 Å². The number of hydrogen-bond donors (Lipinski definition) is 1. The number of ether oxygens (including phenoxy) is 1. The minimum atomic E-state index is 0.519. The van der Waals surface area contributed by atoms with E-state index in [0.29, 0.717) is 18.2 Å². The van der Waals surface area contributed by atoms with Crippen molar-refractivity contribution in [2.45, 2.75) is 18.9 Å². The van der Waals surface area contributed by atoms with Gasteiger partial charge in [0.2, 0.25) is 0 Å². The third-order valence-electron chi connectivity index (χ3n) is 2.64. The van der Waals surface area contributed by atoms with Crippen molar-refractivity contribution < 1.29 is 4.74 Å². The summed E-state index contributed by atoms with van der Waals surface area (Å²) in [7, 11) is 0. The summed E-state index contributed by atoms with van der Waals surface area (Å²) in [6, 6.07) is 9.88. The van der Waals surface area contributed by atoms with Gasteiger partial charge in [-0.15, -0.1) is 0 Å². The SMILES string of the molecule is C=C(CNC1CC1)COc1ccc(C#N)cc1. The van der Waals surface area contributed by atoms with Gasteiger partial charge in [0.1, 0.15) is 12.4 Å². The van der Waals surface area contributed by atoms with E-state index < -0.39 is 0 Å². The molecule has 3 heteroatoms. The van der Waals surface area contributed by atoms with E-state index in [0.717, 1.165) is 17.9 Å². The third kappa shape index (κ3) is 3.93. The van der Waals surface area contributed by atoms with Crippen LogP contribution in [0, 0.1) is 11.3 Å². The highest BCUT2D eigenvalue weighted by atomic mass is 16.5. The molecule has 1 aromatic carbocycles. The number of nitrogens with one attached hydrogen (secondary N) is 1. The summed E-state index contributed by atoms with van der Waals surface area (Å²) >= 11 is 0. The van der Waals surface area contributed by atoms with Crippen molar-refractivity contribution in [3.05, 3.63) is 42.0 Å². The molecule has 0 saturated heterocycles. The van der Waals surface area contributed by atoms with Gasteiger partial charge in [0.05, 0.1) is 11.6 Å². The van der Waals surface area contributed by atoms with Crippen molar-refractivity contribution >= 4 is 0 Å². The van der Waals surface area contributed by atoms with Crippen molar-refractivity contribution in [3.63, 3.8) is 0 Å². The predicted molar refractivity (Wildman–Crippen MR) is 66.8 cm³/mol. The molecular formula is C14H16N2O. The minimum absolute atomic E-state index is 0.519. The van der Waals surface area contributed by atoms with Crippen LogP contribution < -0.4 is 10.1 Å². The molecule has 0 unspecified atom stereocenters. The topological polar surface area (TPSA) is 45.0 Å². The van der Waals surface area contributed by atoms with E-state index in [1.54, 1.807) is 24.3 Å². The van der Waals surface area contributed by atoms with E-state index in [1.165, 1.54) is 12.8 Å². The maximum Gasteiger partial charge on any atom is 0.119 e. The second-order valence-corrected chi connectivity index (χ2v) is 4.33. The molecule has 0 radical (unpaired) electrons. The summed E-state index contributed by atoms with van der Waals surface area (Å²) in [5.41, 5.74) is 1.69. The molecule has 2 rings (SSSR count). The molecule has 1 fully saturated rings. The molecule has 17 heavy (non-hydrogen) atoms. The van der Waals surface area contributed by atoms with Crippen molar-refractivity contribution in [1.29, 1.82) is 5.26 Å². The molecule has 1 aliphatic rings. The highest BCUT2D eigenvalue weighted by Gasteiger charge is 2.19. The first kappa shape index (κ1) is 11.7. The van der Waals surface area contributed by atoms with Crippen molar-refractivity contribution in [2.24, 2.45) is 0 Å². The lowest BCUT2D eigenvalue weighted by molar-refractivity contribution is 0.348. The fraction of sp³-hybridized carbons (Fsp3) is 0.357. The smallest absolute Gasteiger partial charge is 0.119 e. The normalized spacial score (nSPS) is 14.1. The average Bonchev–Trinajstić information content (AvgIpc) is 3.18. The molecule has 0 aromatic heterocycles. The van der Waals surface area contributed by atoms with E-state index in [2.05, 4.69) is 18.0 Å². The zero-order valence-corrected chi connectivity index (χ0v) is 9.78. The molecule has 0 atom stereocenters. The van der Waals surface area contributed by atoms with Crippen LogP contribution in [0.25, 0.3) is 0 Å². The molecular weight excluding hydrogens is 212 g/mol. The van der Waals surface area contributed by atoms with Gasteiger partial charge in [0, 0.05) is 12.6 Å². The van der Waals surface area contributed by atoms with E-state index in [9.17, 15) is 0 Å². The molecule has 1 saturated carbocycles. The Bertz CT molecular complexity index is 427. The van der Waals surface area contributed by atoms with Gasteiger partial charge in [-0.05, 0) is 42.7 Å². The van der Waals surface area contributed by atoms with Gasteiger partial charge in [-0.1, -0.05) is 6.58 Å². The van der Waals surface area contributed by atoms with Crippen LogP contribution >= 0.6 is 0 Å². The van der Waals surface area contributed by atoms with Crippen LogP contribution in [0.5, 0.6) is 5.75 Å². The Kier molecular flexibility index (Phi) is 3.79. The Morgan fingerprint density at radius 1 is 1.41 bits per heavy atom. The van der Waals surface area contributed by atoms with Gasteiger partial charge in [0.25, 0.3) is 0 Å². The Morgan fingerprint density at radius 2 is 2.12 bits per heavy atom. The highest BCUT2D eigenvalue weighted by molar-refractivity contribution is 5.34. The van der Waals surface area contributed by atoms with Crippen LogP contribution in [0.15, 0.2) is 36.4 Å². The quantitative estimate of drug-likeness (QED) is 0.759. The van der Waals surface area contributed by atoms with Crippen LogP contribution in [-0.2, 0) is 0 Å². The van der Waals surface area contributed by atoms with Crippen LogP contribution in [0.3, 0.4) is 0 Å². The minimum Gasteiger partial charge on any atom is -0.489 e. The molecule has 1 aromatic rings. The summed E-state index contributed by atoms with van der Waals surface area (Å²) < 4.78 is 5.57.